The fourth-order valence-electron chi connectivity index (χ4n) is 4.72. The molecule has 4 aromatic rings. The van der Waals surface area contributed by atoms with Crippen molar-refractivity contribution >= 4 is 26.8 Å². The molecule has 4 heterocycles. The van der Waals surface area contributed by atoms with Crippen LogP contribution in [0.2, 0.25) is 0 Å². The number of aryl methyl sites for hydroxylation is 2. The van der Waals surface area contributed by atoms with Crippen LogP contribution >= 0.6 is 15.9 Å². The van der Waals surface area contributed by atoms with Crippen molar-refractivity contribution in [2.24, 2.45) is 14.1 Å². The molecule has 1 atom stereocenters. The molecule has 166 valence electrons. The Bertz CT molecular complexity index is 1500. The van der Waals surface area contributed by atoms with E-state index in [0.29, 0.717) is 23.3 Å². The maximum absolute atomic E-state index is 13.5. The van der Waals surface area contributed by atoms with Crippen molar-refractivity contribution in [2.75, 3.05) is 6.61 Å². The number of furan rings is 1. The van der Waals surface area contributed by atoms with Crippen molar-refractivity contribution in [3.8, 4) is 11.3 Å². The van der Waals surface area contributed by atoms with Crippen LogP contribution in [0.3, 0.4) is 0 Å². The first-order chi connectivity index (χ1) is 15.1. The van der Waals surface area contributed by atoms with Gasteiger partial charge >= 0.3 is 5.69 Å². The summed E-state index contributed by atoms with van der Waals surface area (Å²) in [5.74, 6) is 1.41. The molecule has 8 heteroatoms. The number of ether oxygens (including phenoxy) is 1. The van der Waals surface area contributed by atoms with Crippen LogP contribution in [0.4, 0.5) is 0 Å². The molecule has 3 aromatic heterocycles. The lowest BCUT2D eigenvalue weighted by Gasteiger charge is -2.38. The number of fused-ring (bicyclic) bond motifs is 3. The zero-order valence-electron chi connectivity index (χ0n) is 18.6. The van der Waals surface area contributed by atoms with E-state index in [4.69, 9.17) is 9.15 Å². The SMILES string of the molecule is Cc1ccc([C@@H]2OCC(C)(C)n3c(-c4ccccc4Br)c4c(=O)n(C)c(=O)n(C)c4c32)o1. The fraction of sp³-hybridized carbons (Fsp3) is 0.333. The average Bonchev–Trinajstić information content (AvgIpc) is 3.34. The maximum Gasteiger partial charge on any atom is 0.331 e. The van der Waals surface area contributed by atoms with Crippen LogP contribution in [0.25, 0.3) is 22.2 Å². The van der Waals surface area contributed by atoms with Gasteiger partial charge in [0.25, 0.3) is 5.56 Å². The van der Waals surface area contributed by atoms with Crippen molar-refractivity contribution in [3.63, 3.8) is 0 Å². The third-order valence-corrected chi connectivity index (χ3v) is 6.91. The Hall–Kier alpha value is -2.84. The third kappa shape index (κ3) is 2.82. The Morgan fingerprint density at radius 2 is 1.78 bits per heavy atom. The Labute approximate surface area is 193 Å². The highest BCUT2D eigenvalue weighted by Gasteiger charge is 2.41. The number of hydrogen-bond acceptors (Lipinski definition) is 4. The molecule has 0 saturated heterocycles. The van der Waals surface area contributed by atoms with Gasteiger partial charge in [0, 0.05) is 24.1 Å². The normalized spacial score (nSPS) is 17.6. The Kier molecular flexibility index (Phi) is 4.65. The quantitative estimate of drug-likeness (QED) is 0.415. The Morgan fingerprint density at radius 3 is 2.44 bits per heavy atom. The van der Waals surface area contributed by atoms with E-state index in [-0.39, 0.29) is 11.2 Å². The molecule has 0 aliphatic carbocycles. The van der Waals surface area contributed by atoms with Crippen LogP contribution in [0, 0.1) is 6.92 Å². The molecule has 0 radical (unpaired) electrons. The molecule has 32 heavy (non-hydrogen) atoms. The van der Waals surface area contributed by atoms with Gasteiger partial charge in [-0.2, -0.15) is 0 Å². The van der Waals surface area contributed by atoms with Crippen molar-refractivity contribution in [2.45, 2.75) is 32.4 Å². The fourth-order valence-corrected chi connectivity index (χ4v) is 5.19. The number of hydrogen-bond donors (Lipinski definition) is 0. The zero-order chi connectivity index (χ0) is 22.9. The van der Waals surface area contributed by atoms with Gasteiger partial charge in [-0.3, -0.25) is 13.9 Å². The lowest BCUT2D eigenvalue weighted by atomic mass is 10.0. The monoisotopic (exact) mass is 497 g/mol. The highest BCUT2D eigenvalue weighted by molar-refractivity contribution is 9.10. The summed E-state index contributed by atoms with van der Waals surface area (Å²) in [7, 11) is 3.21. The highest BCUT2D eigenvalue weighted by Crippen LogP contribution is 2.46. The topological polar surface area (TPSA) is 71.3 Å². The molecule has 0 fully saturated rings. The minimum atomic E-state index is -0.548. The summed E-state index contributed by atoms with van der Waals surface area (Å²) < 4.78 is 18.0. The van der Waals surface area contributed by atoms with Crippen molar-refractivity contribution in [1.82, 2.24) is 13.7 Å². The molecular formula is C24H24BrN3O4. The van der Waals surface area contributed by atoms with E-state index >= 15 is 0 Å². The smallest absolute Gasteiger partial charge is 0.331 e. The number of benzene rings is 1. The van der Waals surface area contributed by atoms with E-state index in [2.05, 4.69) is 34.3 Å². The summed E-state index contributed by atoms with van der Waals surface area (Å²) >= 11 is 3.67. The summed E-state index contributed by atoms with van der Waals surface area (Å²) in [5, 5.41) is 0.489. The minimum absolute atomic E-state index is 0.332. The highest BCUT2D eigenvalue weighted by atomic mass is 79.9. The summed E-state index contributed by atoms with van der Waals surface area (Å²) in [6, 6.07) is 11.6. The van der Waals surface area contributed by atoms with Crippen LogP contribution in [-0.4, -0.2) is 20.3 Å². The summed E-state index contributed by atoms with van der Waals surface area (Å²) in [5.41, 5.74) is 1.76. The second-order valence-electron chi connectivity index (χ2n) is 8.93. The predicted molar refractivity (Wildman–Crippen MR) is 126 cm³/mol. The second kappa shape index (κ2) is 7.08. The van der Waals surface area contributed by atoms with Crippen molar-refractivity contribution < 1.29 is 9.15 Å². The molecule has 0 N–H and O–H groups in total. The molecule has 1 aliphatic heterocycles. The number of halogens is 1. The molecular weight excluding hydrogens is 474 g/mol. The molecule has 0 unspecified atom stereocenters. The van der Waals surface area contributed by atoms with Gasteiger partial charge in [0.2, 0.25) is 0 Å². The van der Waals surface area contributed by atoms with Gasteiger partial charge in [0.1, 0.15) is 11.5 Å². The average molecular weight is 498 g/mol. The minimum Gasteiger partial charge on any atom is -0.463 e. The Balaban J connectivity index is 2.05. The lowest BCUT2D eigenvalue weighted by Crippen LogP contribution is -2.40. The summed E-state index contributed by atoms with van der Waals surface area (Å²) in [6.45, 7) is 6.44. The molecule has 0 bridgehead atoms. The molecule has 0 amide bonds. The Morgan fingerprint density at radius 1 is 1.06 bits per heavy atom. The van der Waals surface area contributed by atoms with Crippen LogP contribution in [-0.2, 0) is 24.4 Å². The van der Waals surface area contributed by atoms with E-state index in [1.807, 2.05) is 43.3 Å². The van der Waals surface area contributed by atoms with Crippen molar-refractivity contribution in [3.05, 3.63) is 78.9 Å². The van der Waals surface area contributed by atoms with Gasteiger partial charge in [0.05, 0.1) is 34.4 Å². The lowest BCUT2D eigenvalue weighted by molar-refractivity contribution is -0.0166. The molecule has 5 rings (SSSR count). The molecule has 0 spiro atoms. The number of nitrogens with zero attached hydrogens (tertiary/aromatic N) is 3. The van der Waals surface area contributed by atoms with Crippen LogP contribution in [0.1, 0.15) is 37.2 Å². The van der Waals surface area contributed by atoms with Gasteiger partial charge in [-0.15, -0.1) is 0 Å². The van der Waals surface area contributed by atoms with Gasteiger partial charge in [0.15, 0.2) is 6.10 Å². The van der Waals surface area contributed by atoms with E-state index in [0.717, 1.165) is 31.8 Å². The maximum atomic E-state index is 13.5. The molecule has 1 aromatic carbocycles. The van der Waals surface area contributed by atoms with E-state index in [1.165, 1.54) is 11.6 Å². The van der Waals surface area contributed by atoms with Gasteiger partial charge in [-0.05, 0) is 39.0 Å². The van der Waals surface area contributed by atoms with Crippen LogP contribution < -0.4 is 11.2 Å². The third-order valence-electron chi connectivity index (χ3n) is 6.21. The summed E-state index contributed by atoms with van der Waals surface area (Å²) in [6.07, 6.45) is -0.548. The van der Waals surface area contributed by atoms with Gasteiger partial charge < -0.3 is 13.7 Å². The zero-order valence-corrected chi connectivity index (χ0v) is 20.2. The first-order valence-corrected chi connectivity index (χ1v) is 11.2. The molecule has 0 saturated carbocycles. The predicted octanol–water partition coefficient (Wildman–Crippen LogP) is 4.22. The van der Waals surface area contributed by atoms with Crippen LogP contribution in [0.15, 0.2) is 54.9 Å². The largest absolute Gasteiger partial charge is 0.463 e. The first-order valence-electron chi connectivity index (χ1n) is 10.4. The van der Waals surface area contributed by atoms with E-state index in [1.54, 1.807) is 7.05 Å². The summed E-state index contributed by atoms with van der Waals surface area (Å²) in [4.78, 5) is 26.5. The van der Waals surface area contributed by atoms with E-state index < -0.39 is 11.6 Å². The van der Waals surface area contributed by atoms with Crippen LogP contribution in [0.5, 0.6) is 0 Å². The molecule has 1 aliphatic rings. The number of rotatable bonds is 2. The first kappa shape index (κ1) is 21.0. The molecule has 7 nitrogen and oxygen atoms in total. The standard InChI is InChI=1S/C24H24BrN3O4/c1-13-10-11-16(32-13)21-20-19-17(22(29)27(5)23(30)26(19)4)18(14-8-6-7-9-15(14)25)28(20)24(2,3)12-31-21/h6-11,21H,12H2,1-5H3/t21-/m0/s1. The number of aromatic nitrogens is 3. The van der Waals surface area contributed by atoms with Gasteiger partial charge in [-0.1, -0.05) is 34.1 Å². The second-order valence-corrected chi connectivity index (χ2v) is 9.78. The van der Waals surface area contributed by atoms with E-state index in [9.17, 15) is 9.59 Å². The van der Waals surface area contributed by atoms with Crippen molar-refractivity contribution in [1.29, 1.82) is 0 Å². The van der Waals surface area contributed by atoms with Gasteiger partial charge in [-0.25, -0.2) is 4.79 Å².